The smallest absolute Gasteiger partial charge is 0.153 e. The van der Waals surface area contributed by atoms with Gasteiger partial charge in [-0.05, 0) is 12.1 Å². The molecule has 0 fully saturated rings. The molecule has 0 aliphatic carbocycles. The predicted octanol–water partition coefficient (Wildman–Crippen LogP) is 1.71. The number of hydrogen-bond acceptors (Lipinski definition) is 4. The minimum absolute atomic E-state index is 0.0674. The fourth-order valence-electron chi connectivity index (χ4n) is 1.65. The molecule has 0 unspecified atom stereocenters. The average Bonchev–Trinajstić information content (AvgIpc) is 2.83. The first-order chi connectivity index (χ1) is 9.15. The molecule has 0 atom stereocenters. The summed E-state index contributed by atoms with van der Waals surface area (Å²) in [5.74, 6) is 0.668. The van der Waals surface area contributed by atoms with Gasteiger partial charge in [-0.2, -0.15) is 5.10 Å². The van der Waals surface area contributed by atoms with Gasteiger partial charge in [0.25, 0.3) is 0 Å². The Balaban J connectivity index is 2.36. The Morgan fingerprint density at radius 1 is 1.47 bits per heavy atom. The minimum Gasteiger partial charge on any atom is -0.384 e. The van der Waals surface area contributed by atoms with Crippen LogP contribution in [0.5, 0.6) is 0 Å². The Morgan fingerprint density at radius 3 is 2.89 bits per heavy atom. The van der Waals surface area contributed by atoms with Crippen LogP contribution >= 0.6 is 11.6 Å². The third kappa shape index (κ3) is 3.09. The van der Waals surface area contributed by atoms with Crippen LogP contribution in [0.1, 0.15) is 11.6 Å². The molecule has 1 aromatic heterocycles. The molecule has 1 heterocycles. The Kier molecular flexibility index (Phi) is 4.47. The van der Waals surface area contributed by atoms with Crippen molar-refractivity contribution in [3.8, 4) is 5.69 Å². The van der Waals surface area contributed by atoms with E-state index in [1.807, 2.05) is 0 Å². The molecule has 0 saturated carbocycles. The molecule has 0 aliphatic heterocycles. The number of halogens is 2. The maximum Gasteiger partial charge on any atom is 0.153 e. The summed E-state index contributed by atoms with van der Waals surface area (Å²) in [4.78, 5) is 4.29. The second kappa shape index (κ2) is 6.10. The van der Waals surface area contributed by atoms with E-state index in [1.54, 1.807) is 13.2 Å². The first kappa shape index (κ1) is 13.9. The number of ether oxygens (including phenoxy) is 1. The number of aromatic nitrogens is 3. The van der Waals surface area contributed by atoms with Crippen molar-refractivity contribution in [2.24, 2.45) is 5.73 Å². The third-order valence-corrected chi connectivity index (χ3v) is 2.88. The summed E-state index contributed by atoms with van der Waals surface area (Å²) in [5, 5.41) is 4.36. The molecule has 0 aliphatic rings. The van der Waals surface area contributed by atoms with Crippen molar-refractivity contribution >= 4 is 11.6 Å². The normalized spacial score (nSPS) is 10.9. The number of nitrogens with zero attached hydrogens (tertiary/aromatic N) is 3. The molecule has 0 saturated heterocycles. The van der Waals surface area contributed by atoms with Crippen molar-refractivity contribution in [1.29, 1.82) is 0 Å². The van der Waals surface area contributed by atoms with Crippen LogP contribution < -0.4 is 5.73 Å². The van der Waals surface area contributed by atoms with Crippen LogP contribution in [0.25, 0.3) is 5.69 Å². The van der Waals surface area contributed by atoms with E-state index in [0.29, 0.717) is 30.4 Å². The van der Waals surface area contributed by atoms with Gasteiger partial charge in [0, 0.05) is 19.6 Å². The lowest BCUT2D eigenvalue weighted by atomic mass is 10.3. The zero-order valence-electron chi connectivity index (χ0n) is 10.4. The number of hydrogen-bond donors (Lipinski definition) is 1. The SMILES string of the molecule is COCCc1nc(CN)n(-c2ccc(Cl)c(F)c2)n1. The standard InChI is InChI=1S/C12H14ClFN4O/c1-19-5-4-11-16-12(7-15)18(17-11)8-2-3-9(13)10(14)6-8/h2-3,6H,4-5,7,15H2,1H3. The fourth-order valence-corrected chi connectivity index (χ4v) is 1.76. The van der Waals surface area contributed by atoms with E-state index in [9.17, 15) is 4.39 Å². The van der Waals surface area contributed by atoms with Crippen LogP contribution in [0.4, 0.5) is 4.39 Å². The Morgan fingerprint density at radius 2 is 2.26 bits per heavy atom. The minimum atomic E-state index is -0.504. The van der Waals surface area contributed by atoms with Crippen LogP contribution in [-0.4, -0.2) is 28.5 Å². The van der Waals surface area contributed by atoms with Crippen molar-refractivity contribution < 1.29 is 9.13 Å². The van der Waals surface area contributed by atoms with Gasteiger partial charge in [-0.25, -0.2) is 14.1 Å². The third-order valence-electron chi connectivity index (χ3n) is 2.58. The average molecular weight is 285 g/mol. The van der Waals surface area contributed by atoms with Crippen molar-refractivity contribution in [2.45, 2.75) is 13.0 Å². The van der Waals surface area contributed by atoms with Crippen LogP contribution in [0.3, 0.4) is 0 Å². The molecule has 2 aromatic rings. The zero-order chi connectivity index (χ0) is 13.8. The van der Waals surface area contributed by atoms with E-state index in [1.165, 1.54) is 16.8 Å². The van der Waals surface area contributed by atoms with E-state index in [0.717, 1.165) is 0 Å². The van der Waals surface area contributed by atoms with Crippen LogP contribution in [-0.2, 0) is 17.7 Å². The van der Waals surface area contributed by atoms with Crippen LogP contribution in [0.15, 0.2) is 18.2 Å². The van der Waals surface area contributed by atoms with Gasteiger partial charge in [0.2, 0.25) is 0 Å². The van der Waals surface area contributed by atoms with E-state index < -0.39 is 5.82 Å². The van der Waals surface area contributed by atoms with Gasteiger partial charge in [-0.3, -0.25) is 0 Å². The molecule has 1 aromatic carbocycles. The van der Waals surface area contributed by atoms with Crippen LogP contribution in [0.2, 0.25) is 5.02 Å². The molecule has 19 heavy (non-hydrogen) atoms. The van der Waals surface area contributed by atoms with Gasteiger partial charge in [0.05, 0.1) is 23.9 Å². The quantitative estimate of drug-likeness (QED) is 0.908. The molecule has 0 amide bonds. The van der Waals surface area contributed by atoms with E-state index >= 15 is 0 Å². The highest BCUT2D eigenvalue weighted by atomic mass is 35.5. The van der Waals surface area contributed by atoms with Crippen molar-refractivity contribution in [1.82, 2.24) is 14.8 Å². The van der Waals surface area contributed by atoms with E-state index in [2.05, 4.69) is 10.1 Å². The second-order valence-electron chi connectivity index (χ2n) is 3.90. The topological polar surface area (TPSA) is 66.0 Å². The van der Waals surface area contributed by atoms with Gasteiger partial charge in [0.1, 0.15) is 11.6 Å². The largest absolute Gasteiger partial charge is 0.384 e. The summed E-state index contributed by atoms with van der Waals surface area (Å²) in [6.45, 7) is 0.729. The van der Waals surface area contributed by atoms with Gasteiger partial charge in [0.15, 0.2) is 5.82 Å². The number of nitrogens with two attached hydrogens (primary N) is 1. The lowest BCUT2D eigenvalue weighted by Crippen LogP contribution is -2.08. The fraction of sp³-hybridized carbons (Fsp3) is 0.333. The molecule has 0 bridgehead atoms. The Hall–Kier alpha value is -1.50. The first-order valence-corrected chi connectivity index (χ1v) is 6.12. The maximum absolute atomic E-state index is 13.5. The summed E-state index contributed by atoms with van der Waals surface area (Å²) >= 11 is 5.65. The predicted molar refractivity (Wildman–Crippen MR) is 69.8 cm³/mol. The monoisotopic (exact) mass is 284 g/mol. The van der Waals surface area contributed by atoms with Crippen molar-refractivity contribution in [3.63, 3.8) is 0 Å². The molecule has 0 radical (unpaired) electrons. The summed E-state index contributed by atoms with van der Waals surface area (Å²) in [5.41, 5.74) is 6.16. The van der Waals surface area contributed by atoms with Gasteiger partial charge in [-0.1, -0.05) is 11.6 Å². The lowest BCUT2D eigenvalue weighted by Gasteiger charge is -2.04. The molecule has 2 rings (SSSR count). The Bertz CT molecular complexity index is 573. The summed E-state index contributed by atoms with van der Waals surface area (Å²) < 4.78 is 20.0. The number of rotatable bonds is 5. The van der Waals surface area contributed by atoms with E-state index in [-0.39, 0.29) is 11.6 Å². The Labute approximate surface area is 115 Å². The molecular formula is C12H14ClFN4O. The summed E-state index contributed by atoms with van der Waals surface area (Å²) in [7, 11) is 1.61. The van der Waals surface area contributed by atoms with Crippen LogP contribution in [0, 0.1) is 5.82 Å². The highest BCUT2D eigenvalue weighted by Crippen LogP contribution is 2.18. The van der Waals surface area contributed by atoms with Crippen molar-refractivity contribution in [3.05, 3.63) is 40.7 Å². The first-order valence-electron chi connectivity index (χ1n) is 5.75. The summed E-state index contributed by atoms with van der Waals surface area (Å²) in [6.07, 6.45) is 0.576. The van der Waals surface area contributed by atoms with E-state index in [4.69, 9.17) is 22.1 Å². The van der Waals surface area contributed by atoms with Crippen molar-refractivity contribution in [2.75, 3.05) is 13.7 Å². The van der Waals surface area contributed by atoms with Gasteiger partial charge >= 0.3 is 0 Å². The second-order valence-corrected chi connectivity index (χ2v) is 4.31. The highest BCUT2D eigenvalue weighted by Gasteiger charge is 2.11. The molecule has 5 nitrogen and oxygen atoms in total. The summed E-state index contributed by atoms with van der Waals surface area (Å²) in [6, 6.07) is 4.44. The zero-order valence-corrected chi connectivity index (χ0v) is 11.2. The molecule has 102 valence electrons. The van der Waals surface area contributed by atoms with Gasteiger partial charge < -0.3 is 10.5 Å². The molecule has 7 heteroatoms. The molecular weight excluding hydrogens is 271 g/mol. The maximum atomic E-state index is 13.5. The molecule has 0 spiro atoms. The number of methoxy groups -OCH3 is 1. The van der Waals surface area contributed by atoms with Gasteiger partial charge in [-0.15, -0.1) is 0 Å². The highest BCUT2D eigenvalue weighted by molar-refractivity contribution is 6.30. The lowest BCUT2D eigenvalue weighted by molar-refractivity contribution is 0.200. The molecule has 2 N–H and O–H groups in total. The number of benzene rings is 1.